The van der Waals surface area contributed by atoms with Crippen molar-refractivity contribution in [2.75, 3.05) is 7.05 Å². The van der Waals surface area contributed by atoms with Crippen LogP contribution in [0.5, 0.6) is 0 Å². The van der Waals surface area contributed by atoms with E-state index >= 15 is 0 Å². The molecular formula is C12H18N4O3. The highest BCUT2D eigenvalue weighted by Crippen LogP contribution is 2.26. The summed E-state index contributed by atoms with van der Waals surface area (Å²) >= 11 is 0. The molecule has 7 nitrogen and oxygen atoms in total. The Labute approximate surface area is 111 Å². The van der Waals surface area contributed by atoms with Gasteiger partial charge in [-0.2, -0.15) is 0 Å². The van der Waals surface area contributed by atoms with E-state index in [0.717, 1.165) is 12.8 Å². The fraction of sp³-hybridized carbons (Fsp3) is 0.667. The fourth-order valence-electron chi connectivity index (χ4n) is 2.07. The Bertz CT molecular complexity index is 505. The zero-order valence-electron chi connectivity index (χ0n) is 11.3. The van der Waals surface area contributed by atoms with Gasteiger partial charge in [0.15, 0.2) is 5.69 Å². The number of amides is 1. The Morgan fingerprint density at radius 1 is 1.47 bits per heavy atom. The van der Waals surface area contributed by atoms with E-state index in [9.17, 15) is 9.59 Å². The average Bonchev–Trinajstić information content (AvgIpc) is 3.08. The van der Waals surface area contributed by atoms with Crippen LogP contribution in [-0.2, 0) is 11.3 Å². The number of likely N-dealkylation sites (N-methyl/N-ethyl adjacent to an activating group) is 1. The quantitative estimate of drug-likeness (QED) is 0.848. The molecule has 1 heterocycles. The first-order valence-electron chi connectivity index (χ1n) is 6.34. The highest BCUT2D eigenvalue weighted by molar-refractivity contribution is 5.87. The molecule has 0 saturated heterocycles. The Hall–Kier alpha value is -1.92. The van der Waals surface area contributed by atoms with Crippen molar-refractivity contribution < 1.29 is 14.7 Å². The van der Waals surface area contributed by atoms with Crippen molar-refractivity contribution in [1.82, 2.24) is 19.9 Å². The van der Waals surface area contributed by atoms with Crippen molar-refractivity contribution in [3.63, 3.8) is 0 Å². The summed E-state index contributed by atoms with van der Waals surface area (Å²) in [6.45, 7) is 3.76. The fourth-order valence-corrected chi connectivity index (χ4v) is 2.07. The largest absolute Gasteiger partial charge is 0.476 e. The van der Waals surface area contributed by atoms with Gasteiger partial charge in [-0.3, -0.25) is 4.79 Å². The number of hydrogen-bond donors (Lipinski definition) is 1. The molecular weight excluding hydrogens is 248 g/mol. The van der Waals surface area contributed by atoms with Crippen LogP contribution in [0.4, 0.5) is 0 Å². The van der Waals surface area contributed by atoms with Gasteiger partial charge in [0.25, 0.3) is 0 Å². The highest BCUT2D eigenvalue weighted by Gasteiger charge is 2.30. The summed E-state index contributed by atoms with van der Waals surface area (Å²) in [7, 11) is 1.77. The first-order chi connectivity index (χ1) is 8.91. The molecule has 104 valence electrons. The lowest BCUT2D eigenvalue weighted by molar-refractivity contribution is -0.131. The minimum absolute atomic E-state index is 0.0425. The Kier molecular flexibility index (Phi) is 3.55. The van der Waals surface area contributed by atoms with Crippen molar-refractivity contribution in [2.45, 2.75) is 45.2 Å². The SMILES string of the molecule is CC(C)c1c(C(=O)O)nnn1CC(=O)N(C)C1CC1. The van der Waals surface area contributed by atoms with Crippen LogP contribution in [0.3, 0.4) is 0 Å². The van der Waals surface area contributed by atoms with Crippen molar-refractivity contribution in [1.29, 1.82) is 0 Å². The lowest BCUT2D eigenvalue weighted by Gasteiger charge is -2.17. The van der Waals surface area contributed by atoms with Crippen LogP contribution >= 0.6 is 0 Å². The molecule has 0 aliphatic heterocycles. The van der Waals surface area contributed by atoms with E-state index in [1.165, 1.54) is 4.68 Å². The van der Waals surface area contributed by atoms with Gasteiger partial charge in [-0.05, 0) is 18.8 Å². The second-order valence-electron chi connectivity index (χ2n) is 5.18. The Morgan fingerprint density at radius 2 is 2.11 bits per heavy atom. The minimum Gasteiger partial charge on any atom is -0.476 e. The number of hydrogen-bond acceptors (Lipinski definition) is 4. The molecule has 1 aromatic heterocycles. The smallest absolute Gasteiger partial charge is 0.358 e. The summed E-state index contributed by atoms with van der Waals surface area (Å²) in [5.74, 6) is -1.23. The monoisotopic (exact) mass is 266 g/mol. The number of carboxylic acids is 1. The van der Waals surface area contributed by atoms with Crippen molar-refractivity contribution >= 4 is 11.9 Å². The summed E-state index contributed by atoms with van der Waals surface area (Å²) in [6, 6.07) is 0.331. The minimum atomic E-state index is -1.11. The van der Waals surface area contributed by atoms with E-state index in [0.29, 0.717) is 11.7 Å². The van der Waals surface area contributed by atoms with E-state index in [1.807, 2.05) is 13.8 Å². The number of aromatic carboxylic acids is 1. The van der Waals surface area contributed by atoms with Crippen LogP contribution < -0.4 is 0 Å². The molecule has 0 bridgehead atoms. The first kappa shape index (κ1) is 13.5. The highest BCUT2D eigenvalue weighted by atomic mass is 16.4. The maximum Gasteiger partial charge on any atom is 0.358 e. The molecule has 1 N–H and O–H groups in total. The lowest BCUT2D eigenvalue weighted by Crippen LogP contribution is -2.33. The standard InChI is InChI=1S/C12H18N4O3/c1-7(2)11-10(12(18)19)13-14-16(11)6-9(17)15(3)8-4-5-8/h7-8H,4-6H2,1-3H3,(H,18,19). The van der Waals surface area contributed by atoms with Gasteiger partial charge in [-0.25, -0.2) is 9.48 Å². The number of carbonyl (C=O) groups excluding carboxylic acids is 1. The third-order valence-electron chi connectivity index (χ3n) is 3.30. The van der Waals surface area contributed by atoms with E-state index in [2.05, 4.69) is 10.3 Å². The van der Waals surface area contributed by atoms with Crippen LogP contribution in [0.1, 0.15) is 48.8 Å². The maximum atomic E-state index is 12.0. The van der Waals surface area contributed by atoms with Gasteiger partial charge < -0.3 is 10.0 Å². The molecule has 1 saturated carbocycles. The summed E-state index contributed by atoms with van der Waals surface area (Å²) < 4.78 is 1.40. The molecule has 1 fully saturated rings. The van der Waals surface area contributed by atoms with Crippen molar-refractivity contribution in [2.24, 2.45) is 0 Å². The molecule has 2 rings (SSSR count). The van der Waals surface area contributed by atoms with Gasteiger partial charge >= 0.3 is 5.97 Å². The lowest BCUT2D eigenvalue weighted by atomic mass is 10.1. The van der Waals surface area contributed by atoms with Crippen molar-refractivity contribution in [3.8, 4) is 0 Å². The molecule has 1 aliphatic rings. The van der Waals surface area contributed by atoms with E-state index in [-0.39, 0.29) is 24.1 Å². The van der Waals surface area contributed by atoms with Gasteiger partial charge in [-0.15, -0.1) is 5.10 Å². The molecule has 1 aliphatic carbocycles. The zero-order chi connectivity index (χ0) is 14.2. The van der Waals surface area contributed by atoms with E-state index in [4.69, 9.17) is 5.11 Å². The molecule has 7 heteroatoms. The van der Waals surface area contributed by atoms with E-state index < -0.39 is 5.97 Å². The molecule has 0 aromatic carbocycles. The number of carbonyl (C=O) groups is 2. The summed E-state index contributed by atoms with van der Waals surface area (Å²) in [5.41, 5.74) is 0.418. The molecule has 1 aromatic rings. The predicted octanol–water partition coefficient (Wildman–Crippen LogP) is 0.720. The molecule has 0 radical (unpaired) electrons. The average molecular weight is 266 g/mol. The number of rotatable bonds is 5. The van der Waals surface area contributed by atoms with Gasteiger partial charge in [0.05, 0.1) is 5.69 Å². The predicted molar refractivity (Wildman–Crippen MR) is 66.9 cm³/mol. The number of aromatic nitrogens is 3. The second kappa shape index (κ2) is 4.99. The van der Waals surface area contributed by atoms with Crippen LogP contribution in [0, 0.1) is 0 Å². The van der Waals surface area contributed by atoms with Gasteiger partial charge in [0, 0.05) is 13.1 Å². The second-order valence-corrected chi connectivity index (χ2v) is 5.18. The van der Waals surface area contributed by atoms with Gasteiger partial charge in [0.2, 0.25) is 5.91 Å². The summed E-state index contributed by atoms with van der Waals surface area (Å²) in [6.07, 6.45) is 2.08. The van der Waals surface area contributed by atoms with Crippen LogP contribution in [0.25, 0.3) is 0 Å². The van der Waals surface area contributed by atoms with Crippen molar-refractivity contribution in [3.05, 3.63) is 11.4 Å². The van der Waals surface area contributed by atoms with Crippen LogP contribution in [-0.4, -0.2) is 50.0 Å². The topological polar surface area (TPSA) is 88.3 Å². The number of nitrogens with zero attached hydrogens (tertiary/aromatic N) is 4. The van der Waals surface area contributed by atoms with Crippen LogP contribution in [0.2, 0.25) is 0 Å². The molecule has 19 heavy (non-hydrogen) atoms. The maximum absolute atomic E-state index is 12.0. The van der Waals surface area contributed by atoms with Gasteiger partial charge in [0.1, 0.15) is 6.54 Å². The summed E-state index contributed by atoms with van der Waals surface area (Å²) in [5, 5.41) is 16.5. The third-order valence-corrected chi connectivity index (χ3v) is 3.30. The molecule has 1 amide bonds. The normalized spacial score (nSPS) is 14.7. The zero-order valence-corrected chi connectivity index (χ0v) is 11.3. The third kappa shape index (κ3) is 2.74. The molecule has 0 spiro atoms. The Balaban J connectivity index is 2.19. The summed E-state index contributed by atoms with van der Waals surface area (Å²) in [4.78, 5) is 24.8. The van der Waals surface area contributed by atoms with Crippen LogP contribution in [0.15, 0.2) is 0 Å². The molecule has 0 unspecified atom stereocenters. The van der Waals surface area contributed by atoms with E-state index in [1.54, 1.807) is 11.9 Å². The number of carboxylic acid groups (broad SMARTS) is 1. The molecule has 0 atom stereocenters. The first-order valence-corrected chi connectivity index (χ1v) is 6.34. The van der Waals surface area contributed by atoms with Gasteiger partial charge in [-0.1, -0.05) is 19.1 Å². The Morgan fingerprint density at radius 3 is 2.58 bits per heavy atom.